The van der Waals surface area contributed by atoms with Gasteiger partial charge in [-0.05, 0) is 64.0 Å². The average molecular weight is 389 g/mol. The number of piperidine rings is 1. The number of amides is 1. The zero-order valence-electron chi connectivity index (χ0n) is 17.2. The van der Waals surface area contributed by atoms with E-state index in [9.17, 15) is 4.79 Å². The highest BCUT2D eigenvalue weighted by Crippen LogP contribution is 2.40. The predicted molar refractivity (Wildman–Crippen MR) is 118 cm³/mol. The first-order chi connectivity index (χ1) is 14.1. The number of carbonyl (C=O) groups is 1. The number of likely N-dealkylation sites (tertiary alicyclic amines) is 1. The van der Waals surface area contributed by atoms with Gasteiger partial charge in [-0.2, -0.15) is 0 Å². The van der Waals surface area contributed by atoms with Crippen molar-refractivity contribution >= 4 is 23.1 Å². The summed E-state index contributed by atoms with van der Waals surface area (Å²) in [7, 11) is 0. The number of nitrogens with one attached hydrogen (secondary N) is 1. The van der Waals surface area contributed by atoms with Crippen LogP contribution in [0.3, 0.4) is 0 Å². The van der Waals surface area contributed by atoms with Gasteiger partial charge in [-0.3, -0.25) is 4.79 Å². The molecule has 0 unspecified atom stereocenters. The van der Waals surface area contributed by atoms with Crippen LogP contribution in [0, 0.1) is 11.8 Å². The Balaban J connectivity index is 1.64. The summed E-state index contributed by atoms with van der Waals surface area (Å²) < 4.78 is 0. The van der Waals surface area contributed by atoms with E-state index in [2.05, 4.69) is 45.8 Å². The molecule has 5 heteroatoms. The van der Waals surface area contributed by atoms with Crippen LogP contribution in [0.4, 0.5) is 17.2 Å². The SMILES string of the molecule is CC(C)(C#CCCN1CCCCC1)N1c2ccccc2C(=O)Nc2cccnc21. The maximum Gasteiger partial charge on any atom is 0.257 e. The second-order valence-corrected chi connectivity index (χ2v) is 8.19. The number of fused-ring (bicyclic) bond motifs is 2. The molecule has 150 valence electrons. The summed E-state index contributed by atoms with van der Waals surface area (Å²) in [6.07, 6.45) is 6.56. The number of rotatable bonds is 3. The van der Waals surface area contributed by atoms with Crippen molar-refractivity contribution in [1.82, 2.24) is 9.88 Å². The third-order valence-corrected chi connectivity index (χ3v) is 5.59. The predicted octanol–water partition coefficient (Wildman–Crippen LogP) is 4.44. The van der Waals surface area contributed by atoms with Crippen LogP contribution in [-0.4, -0.2) is 41.0 Å². The first-order valence-electron chi connectivity index (χ1n) is 10.4. The lowest BCUT2D eigenvalue weighted by Gasteiger charge is -2.36. The molecule has 1 amide bonds. The number of benzene rings is 1. The average Bonchev–Trinajstić information content (AvgIpc) is 2.86. The van der Waals surface area contributed by atoms with Gasteiger partial charge in [0.1, 0.15) is 5.54 Å². The van der Waals surface area contributed by atoms with E-state index in [1.165, 1.54) is 32.4 Å². The second-order valence-electron chi connectivity index (χ2n) is 8.19. The van der Waals surface area contributed by atoms with Crippen molar-refractivity contribution in [3.05, 3.63) is 48.2 Å². The molecule has 0 aliphatic carbocycles. The summed E-state index contributed by atoms with van der Waals surface area (Å²) in [6.45, 7) is 7.58. The van der Waals surface area contributed by atoms with Crippen LogP contribution in [-0.2, 0) is 0 Å². The summed E-state index contributed by atoms with van der Waals surface area (Å²) in [6, 6.07) is 11.4. The van der Waals surface area contributed by atoms with Crippen LogP contribution in [0.25, 0.3) is 0 Å². The van der Waals surface area contributed by atoms with E-state index >= 15 is 0 Å². The van der Waals surface area contributed by atoms with Crippen LogP contribution in [0.1, 0.15) is 49.9 Å². The highest BCUT2D eigenvalue weighted by molar-refractivity contribution is 6.12. The Bertz CT molecular complexity index is 951. The molecule has 0 spiro atoms. The first kappa shape index (κ1) is 19.5. The molecule has 0 saturated carbocycles. The summed E-state index contributed by atoms with van der Waals surface area (Å²) in [4.78, 5) is 22.0. The molecule has 5 nitrogen and oxygen atoms in total. The lowest BCUT2D eigenvalue weighted by molar-refractivity contribution is 0.102. The number of carbonyl (C=O) groups excluding carboxylic acids is 1. The number of aromatic nitrogens is 1. The van der Waals surface area contributed by atoms with Crippen LogP contribution >= 0.6 is 0 Å². The fraction of sp³-hybridized carbons (Fsp3) is 0.417. The van der Waals surface area contributed by atoms with Gasteiger partial charge in [0.2, 0.25) is 0 Å². The van der Waals surface area contributed by atoms with E-state index in [-0.39, 0.29) is 5.91 Å². The Morgan fingerprint density at radius 1 is 1.10 bits per heavy atom. The first-order valence-corrected chi connectivity index (χ1v) is 10.4. The molecular weight excluding hydrogens is 360 g/mol. The van der Waals surface area contributed by atoms with Crippen LogP contribution in [0.15, 0.2) is 42.6 Å². The van der Waals surface area contributed by atoms with Gasteiger partial charge in [0.05, 0.1) is 16.9 Å². The van der Waals surface area contributed by atoms with Gasteiger partial charge in [-0.15, -0.1) is 0 Å². The van der Waals surface area contributed by atoms with E-state index in [0.29, 0.717) is 11.3 Å². The molecule has 0 radical (unpaired) electrons. The molecule has 2 aliphatic heterocycles. The fourth-order valence-electron chi connectivity index (χ4n) is 4.13. The van der Waals surface area contributed by atoms with Crippen molar-refractivity contribution < 1.29 is 4.79 Å². The summed E-state index contributed by atoms with van der Waals surface area (Å²) in [5.41, 5.74) is 1.65. The van der Waals surface area contributed by atoms with Crippen molar-refractivity contribution in [2.24, 2.45) is 0 Å². The van der Waals surface area contributed by atoms with Crippen molar-refractivity contribution in [1.29, 1.82) is 0 Å². The number of anilines is 3. The van der Waals surface area contributed by atoms with E-state index in [4.69, 9.17) is 0 Å². The lowest BCUT2D eigenvalue weighted by Crippen LogP contribution is -2.40. The van der Waals surface area contributed by atoms with E-state index in [1.54, 1.807) is 6.20 Å². The minimum Gasteiger partial charge on any atom is -0.319 e. The van der Waals surface area contributed by atoms with Gasteiger partial charge >= 0.3 is 0 Å². The zero-order chi connectivity index (χ0) is 20.3. The van der Waals surface area contributed by atoms with Gasteiger partial charge in [-0.25, -0.2) is 4.98 Å². The van der Waals surface area contributed by atoms with Crippen molar-refractivity contribution in [2.45, 2.75) is 45.1 Å². The Morgan fingerprint density at radius 3 is 2.72 bits per heavy atom. The molecule has 1 fully saturated rings. The van der Waals surface area contributed by atoms with E-state index in [0.717, 1.165) is 24.5 Å². The largest absolute Gasteiger partial charge is 0.319 e. The maximum absolute atomic E-state index is 12.8. The topological polar surface area (TPSA) is 48.5 Å². The summed E-state index contributed by atoms with van der Waals surface area (Å²) in [5, 5.41) is 2.99. The smallest absolute Gasteiger partial charge is 0.257 e. The minimum absolute atomic E-state index is 0.119. The third-order valence-electron chi connectivity index (χ3n) is 5.59. The van der Waals surface area contributed by atoms with E-state index < -0.39 is 5.54 Å². The molecule has 4 rings (SSSR count). The fourth-order valence-corrected chi connectivity index (χ4v) is 4.13. The quantitative estimate of drug-likeness (QED) is 0.790. The van der Waals surface area contributed by atoms with Gasteiger partial charge < -0.3 is 15.1 Å². The number of pyridine rings is 1. The molecule has 2 aromatic rings. The van der Waals surface area contributed by atoms with Crippen LogP contribution in [0.5, 0.6) is 0 Å². The Morgan fingerprint density at radius 2 is 1.90 bits per heavy atom. The lowest BCUT2D eigenvalue weighted by atomic mass is 10.00. The molecule has 2 aliphatic rings. The third kappa shape index (κ3) is 4.13. The molecule has 29 heavy (non-hydrogen) atoms. The molecule has 1 saturated heterocycles. The number of hydrogen-bond donors (Lipinski definition) is 1. The maximum atomic E-state index is 12.8. The highest BCUT2D eigenvalue weighted by Gasteiger charge is 2.34. The molecule has 3 heterocycles. The molecule has 0 bridgehead atoms. The molecule has 1 aromatic carbocycles. The molecular formula is C24H28N4O. The molecule has 0 atom stereocenters. The van der Waals surface area contributed by atoms with Crippen molar-refractivity contribution in [2.75, 3.05) is 29.9 Å². The standard InChI is InChI=1S/C24H28N4O/c1-24(2,14-6-9-18-27-16-7-3-8-17-27)28-21-13-5-4-11-19(21)23(29)26-20-12-10-15-25-22(20)28/h4-5,10-13,15H,3,7-9,16-18H2,1-2H3,(H,26,29). The summed E-state index contributed by atoms with van der Waals surface area (Å²) >= 11 is 0. The highest BCUT2D eigenvalue weighted by atomic mass is 16.1. The second kappa shape index (κ2) is 8.26. The van der Waals surface area contributed by atoms with Crippen molar-refractivity contribution in [3.63, 3.8) is 0 Å². The Kier molecular flexibility index (Phi) is 5.55. The van der Waals surface area contributed by atoms with Crippen molar-refractivity contribution in [3.8, 4) is 11.8 Å². The van der Waals surface area contributed by atoms with Gasteiger partial charge in [0.15, 0.2) is 5.82 Å². The summed E-state index contributed by atoms with van der Waals surface area (Å²) in [5.74, 6) is 7.46. The number of para-hydroxylation sites is 1. The molecule has 1 aromatic heterocycles. The van der Waals surface area contributed by atoms with Crippen LogP contribution in [0.2, 0.25) is 0 Å². The van der Waals surface area contributed by atoms with E-state index in [1.807, 2.05) is 36.4 Å². The van der Waals surface area contributed by atoms with Crippen LogP contribution < -0.4 is 10.2 Å². The van der Waals surface area contributed by atoms with Gasteiger partial charge in [0, 0.05) is 19.2 Å². The van der Waals surface area contributed by atoms with Gasteiger partial charge in [-0.1, -0.05) is 30.4 Å². The minimum atomic E-state index is -0.520. The Hall–Kier alpha value is -2.84. The molecule has 1 N–H and O–H groups in total. The Labute approximate surface area is 173 Å². The number of nitrogens with zero attached hydrogens (tertiary/aromatic N) is 3. The monoisotopic (exact) mass is 388 g/mol. The zero-order valence-corrected chi connectivity index (χ0v) is 17.2. The normalized spacial score (nSPS) is 16.8. The number of hydrogen-bond acceptors (Lipinski definition) is 4. The van der Waals surface area contributed by atoms with Gasteiger partial charge in [0.25, 0.3) is 5.91 Å².